The Kier molecular flexibility index (Phi) is 5.55. The molecule has 2 heterocycles. The van der Waals surface area contributed by atoms with Gasteiger partial charge in [-0.3, -0.25) is 9.59 Å². The first-order valence-corrected chi connectivity index (χ1v) is 8.76. The van der Waals surface area contributed by atoms with E-state index in [1.54, 1.807) is 26.4 Å². The van der Waals surface area contributed by atoms with Crippen molar-refractivity contribution in [2.24, 2.45) is 13.0 Å². The Morgan fingerprint density at radius 3 is 3.00 bits per heavy atom. The Balaban J connectivity index is 1.60. The first-order valence-electron chi connectivity index (χ1n) is 8.76. The monoisotopic (exact) mass is 356 g/mol. The zero-order valence-electron chi connectivity index (χ0n) is 15.1. The van der Waals surface area contributed by atoms with Crippen LogP contribution in [-0.4, -0.2) is 35.9 Å². The van der Waals surface area contributed by atoms with Crippen LogP contribution in [0.25, 0.3) is 0 Å². The number of nitrogens with zero attached hydrogens (tertiary/aromatic N) is 3. The molecule has 2 aromatic rings. The molecule has 0 saturated carbocycles. The van der Waals surface area contributed by atoms with Gasteiger partial charge in [0.15, 0.2) is 0 Å². The highest BCUT2D eigenvalue weighted by atomic mass is 16.5. The van der Waals surface area contributed by atoms with E-state index < -0.39 is 0 Å². The molecule has 1 amide bonds. The molecule has 0 radical (unpaired) electrons. The second-order valence-electron chi connectivity index (χ2n) is 6.53. The Morgan fingerprint density at radius 2 is 2.23 bits per heavy atom. The zero-order chi connectivity index (χ0) is 18.5. The van der Waals surface area contributed by atoms with Crippen LogP contribution < -0.4 is 20.5 Å². The summed E-state index contributed by atoms with van der Waals surface area (Å²) in [6.45, 7) is 1.90. The highest BCUT2D eigenvalue weighted by Gasteiger charge is 2.26. The average molecular weight is 356 g/mol. The number of piperidine rings is 1. The number of ether oxygens (including phenoxy) is 1. The van der Waals surface area contributed by atoms with E-state index >= 15 is 0 Å². The van der Waals surface area contributed by atoms with Gasteiger partial charge in [0.1, 0.15) is 5.75 Å². The molecular weight excluding hydrogens is 332 g/mol. The Hall–Kier alpha value is -2.83. The summed E-state index contributed by atoms with van der Waals surface area (Å²) in [7, 11) is 3.25. The van der Waals surface area contributed by atoms with Crippen LogP contribution in [0, 0.1) is 5.92 Å². The van der Waals surface area contributed by atoms with Crippen molar-refractivity contribution in [3.63, 3.8) is 0 Å². The number of methoxy groups -OCH3 is 1. The lowest BCUT2D eigenvalue weighted by molar-refractivity contribution is -0.125. The molecule has 0 bridgehead atoms. The number of aromatic nitrogens is 2. The second-order valence-corrected chi connectivity index (χ2v) is 6.53. The summed E-state index contributed by atoms with van der Waals surface area (Å²) in [5.74, 6) is 0.714. The Bertz CT molecular complexity index is 834. The van der Waals surface area contributed by atoms with Gasteiger partial charge in [-0.25, -0.2) is 4.68 Å². The number of amides is 1. The van der Waals surface area contributed by atoms with Crippen molar-refractivity contribution in [1.82, 2.24) is 15.1 Å². The average Bonchev–Trinajstić information content (AvgIpc) is 2.68. The summed E-state index contributed by atoms with van der Waals surface area (Å²) in [6, 6.07) is 9.23. The fraction of sp³-hybridized carbons (Fsp3) is 0.421. The van der Waals surface area contributed by atoms with Crippen LogP contribution in [0.1, 0.15) is 18.4 Å². The molecule has 3 rings (SSSR count). The van der Waals surface area contributed by atoms with Crippen LogP contribution in [0.4, 0.5) is 5.69 Å². The number of carbonyl (C=O) groups excluding carboxylic acids is 1. The maximum Gasteiger partial charge on any atom is 0.268 e. The topological polar surface area (TPSA) is 76.5 Å². The number of anilines is 1. The molecule has 1 atom stereocenters. The molecule has 1 saturated heterocycles. The van der Waals surface area contributed by atoms with E-state index in [2.05, 4.69) is 15.3 Å². The van der Waals surface area contributed by atoms with Gasteiger partial charge in [0, 0.05) is 32.7 Å². The molecule has 138 valence electrons. The highest BCUT2D eigenvalue weighted by molar-refractivity contribution is 5.79. The van der Waals surface area contributed by atoms with Crippen LogP contribution >= 0.6 is 0 Å². The molecule has 1 N–H and O–H groups in total. The van der Waals surface area contributed by atoms with E-state index in [0.717, 1.165) is 36.4 Å². The maximum atomic E-state index is 12.6. The van der Waals surface area contributed by atoms with Crippen molar-refractivity contribution in [3.8, 4) is 5.75 Å². The van der Waals surface area contributed by atoms with Crippen molar-refractivity contribution in [3.05, 3.63) is 52.4 Å². The van der Waals surface area contributed by atoms with Crippen LogP contribution in [0.15, 0.2) is 41.3 Å². The second kappa shape index (κ2) is 8.03. The lowest BCUT2D eigenvalue weighted by Gasteiger charge is -2.33. The third-order valence-corrected chi connectivity index (χ3v) is 4.71. The molecule has 0 aliphatic carbocycles. The minimum atomic E-state index is -0.146. The molecule has 1 aromatic carbocycles. The first-order chi connectivity index (χ1) is 12.6. The van der Waals surface area contributed by atoms with E-state index in [1.807, 2.05) is 24.3 Å². The van der Waals surface area contributed by atoms with Gasteiger partial charge in [0.2, 0.25) is 5.91 Å². The quantitative estimate of drug-likeness (QED) is 0.874. The summed E-state index contributed by atoms with van der Waals surface area (Å²) in [6.07, 6.45) is 3.43. The fourth-order valence-corrected chi connectivity index (χ4v) is 3.17. The summed E-state index contributed by atoms with van der Waals surface area (Å²) < 4.78 is 6.50. The number of carbonyl (C=O) groups is 1. The normalized spacial score (nSPS) is 17.0. The van der Waals surface area contributed by atoms with Gasteiger partial charge in [-0.15, -0.1) is 0 Å². The maximum absolute atomic E-state index is 12.6. The number of rotatable bonds is 5. The minimum Gasteiger partial charge on any atom is -0.497 e. The van der Waals surface area contributed by atoms with Crippen molar-refractivity contribution < 1.29 is 9.53 Å². The van der Waals surface area contributed by atoms with Gasteiger partial charge >= 0.3 is 0 Å². The number of hydrogen-bond acceptors (Lipinski definition) is 5. The third-order valence-electron chi connectivity index (χ3n) is 4.71. The zero-order valence-corrected chi connectivity index (χ0v) is 15.1. The van der Waals surface area contributed by atoms with Gasteiger partial charge < -0.3 is 15.0 Å². The van der Waals surface area contributed by atoms with Crippen LogP contribution in [0.3, 0.4) is 0 Å². The lowest BCUT2D eigenvalue weighted by Crippen LogP contribution is -2.43. The van der Waals surface area contributed by atoms with Crippen LogP contribution in [0.2, 0.25) is 0 Å². The molecule has 7 nitrogen and oxygen atoms in total. The molecule has 1 aliphatic heterocycles. The van der Waals surface area contributed by atoms with Crippen LogP contribution in [0.5, 0.6) is 5.75 Å². The van der Waals surface area contributed by atoms with Gasteiger partial charge in [0.05, 0.1) is 24.9 Å². The van der Waals surface area contributed by atoms with E-state index in [-0.39, 0.29) is 17.4 Å². The number of benzene rings is 1. The predicted octanol–water partition coefficient (Wildman–Crippen LogP) is 1.32. The fourth-order valence-electron chi connectivity index (χ4n) is 3.17. The summed E-state index contributed by atoms with van der Waals surface area (Å²) in [5, 5.41) is 7.08. The van der Waals surface area contributed by atoms with Gasteiger partial charge in [0.25, 0.3) is 5.56 Å². The van der Waals surface area contributed by atoms with E-state index in [0.29, 0.717) is 13.1 Å². The largest absolute Gasteiger partial charge is 0.497 e. The van der Waals surface area contributed by atoms with Crippen molar-refractivity contribution >= 4 is 11.6 Å². The smallest absolute Gasteiger partial charge is 0.268 e. The van der Waals surface area contributed by atoms with Crippen molar-refractivity contribution in [1.29, 1.82) is 0 Å². The van der Waals surface area contributed by atoms with E-state index in [4.69, 9.17) is 4.74 Å². The Morgan fingerprint density at radius 1 is 1.38 bits per heavy atom. The molecule has 1 aromatic heterocycles. The molecule has 0 unspecified atom stereocenters. The first kappa shape index (κ1) is 18.0. The standard InChI is InChI=1S/C19H24N4O3/c1-22-18(24)10-16(12-21-22)23-8-4-6-15(13-23)19(25)20-11-14-5-3-7-17(9-14)26-2/h3,5,7,9-10,12,15H,4,6,8,11,13H2,1-2H3,(H,20,25)/t15-/m1/s1. The summed E-state index contributed by atoms with van der Waals surface area (Å²) >= 11 is 0. The summed E-state index contributed by atoms with van der Waals surface area (Å²) in [4.78, 5) is 26.4. The summed E-state index contributed by atoms with van der Waals surface area (Å²) in [5.41, 5.74) is 1.63. The van der Waals surface area contributed by atoms with Gasteiger partial charge in [-0.05, 0) is 30.5 Å². The number of aryl methyl sites for hydroxylation is 1. The predicted molar refractivity (Wildman–Crippen MR) is 99.3 cm³/mol. The molecule has 26 heavy (non-hydrogen) atoms. The van der Waals surface area contributed by atoms with Gasteiger partial charge in [-0.2, -0.15) is 5.10 Å². The lowest BCUT2D eigenvalue weighted by atomic mass is 9.96. The van der Waals surface area contributed by atoms with Crippen molar-refractivity contribution in [2.75, 3.05) is 25.1 Å². The number of hydrogen-bond donors (Lipinski definition) is 1. The van der Waals surface area contributed by atoms with Crippen LogP contribution in [-0.2, 0) is 18.4 Å². The van der Waals surface area contributed by atoms with E-state index in [9.17, 15) is 9.59 Å². The van der Waals surface area contributed by atoms with Crippen molar-refractivity contribution in [2.45, 2.75) is 19.4 Å². The SMILES string of the molecule is COc1cccc(CNC(=O)[C@@H]2CCCN(c3cnn(C)c(=O)c3)C2)c1. The third kappa shape index (κ3) is 4.22. The van der Waals surface area contributed by atoms with E-state index in [1.165, 1.54) is 4.68 Å². The molecule has 0 spiro atoms. The highest BCUT2D eigenvalue weighted by Crippen LogP contribution is 2.22. The molecule has 1 fully saturated rings. The minimum absolute atomic E-state index is 0.0364. The molecular formula is C19H24N4O3. The molecule has 7 heteroatoms. The Labute approximate surface area is 152 Å². The molecule has 1 aliphatic rings. The number of nitrogens with one attached hydrogen (secondary N) is 1. The van der Waals surface area contributed by atoms with Gasteiger partial charge in [-0.1, -0.05) is 12.1 Å².